The minimum absolute atomic E-state index is 0.0236. The number of nitrogens with one attached hydrogen (secondary N) is 2. The standard InChI is InChI=1S/C14H24N2O3/c1-4-14(5-2,10-17)16-11(3)13(18)15-9-12-7-6-8-19-12/h6-8,11,16-17H,4-5,9-10H2,1-3H3,(H,15,18). The molecule has 19 heavy (non-hydrogen) atoms. The largest absolute Gasteiger partial charge is 0.467 e. The number of carbonyl (C=O) groups excluding carboxylic acids is 1. The van der Waals surface area contributed by atoms with E-state index in [1.54, 1.807) is 19.3 Å². The number of hydrogen-bond donors (Lipinski definition) is 3. The van der Waals surface area contributed by atoms with E-state index in [1.807, 2.05) is 19.9 Å². The van der Waals surface area contributed by atoms with Crippen molar-refractivity contribution in [3.8, 4) is 0 Å². The molecule has 0 fully saturated rings. The molecule has 1 aromatic rings. The third-order valence-electron chi connectivity index (χ3n) is 3.59. The van der Waals surface area contributed by atoms with Gasteiger partial charge in [0, 0.05) is 5.54 Å². The summed E-state index contributed by atoms with van der Waals surface area (Å²) in [6.07, 6.45) is 3.12. The van der Waals surface area contributed by atoms with Crippen molar-refractivity contribution in [3.05, 3.63) is 24.2 Å². The van der Waals surface area contributed by atoms with Crippen molar-refractivity contribution in [2.24, 2.45) is 0 Å². The lowest BCUT2D eigenvalue weighted by Gasteiger charge is -2.33. The average Bonchev–Trinajstić information content (AvgIpc) is 2.95. The van der Waals surface area contributed by atoms with Crippen molar-refractivity contribution in [1.82, 2.24) is 10.6 Å². The second kappa shape index (κ2) is 7.31. The Morgan fingerprint density at radius 1 is 1.47 bits per heavy atom. The van der Waals surface area contributed by atoms with Crippen LogP contribution in [0.25, 0.3) is 0 Å². The summed E-state index contributed by atoms with van der Waals surface area (Å²) in [6, 6.07) is 3.24. The van der Waals surface area contributed by atoms with Gasteiger partial charge in [-0.2, -0.15) is 0 Å². The van der Waals surface area contributed by atoms with Crippen LogP contribution < -0.4 is 10.6 Å². The molecule has 0 aromatic carbocycles. The fraction of sp³-hybridized carbons (Fsp3) is 0.643. The molecule has 0 saturated carbocycles. The second-order valence-electron chi connectivity index (χ2n) is 4.81. The van der Waals surface area contributed by atoms with Crippen LogP contribution >= 0.6 is 0 Å². The van der Waals surface area contributed by atoms with E-state index in [-0.39, 0.29) is 24.1 Å². The molecule has 0 aliphatic carbocycles. The number of rotatable bonds is 8. The average molecular weight is 268 g/mol. The fourth-order valence-electron chi connectivity index (χ4n) is 1.99. The Labute approximate surface area is 114 Å². The first-order valence-corrected chi connectivity index (χ1v) is 6.75. The SMILES string of the molecule is CCC(CC)(CO)NC(C)C(=O)NCc1ccco1. The first-order valence-electron chi connectivity index (χ1n) is 6.75. The highest BCUT2D eigenvalue weighted by atomic mass is 16.3. The molecule has 1 atom stereocenters. The van der Waals surface area contributed by atoms with Gasteiger partial charge in [0.25, 0.3) is 0 Å². The molecule has 5 heteroatoms. The van der Waals surface area contributed by atoms with Gasteiger partial charge in [-0.25, -0.2) is 0 Å². The molecular formula is C14H24N2O3. The molecule has 0 bridgehead atoms. The summed E-state index contributed by atoms with van der Waals surface area (Å²) in [6.45, 7) is 6.20. The lowest BCUT2D eigenvalue weighted by molar-refractivity contribution is -0.123. The maximum absolute atomic E-state index is 12.0. The minimum Gasteiger partial charge on any atom is -0.467 e. The highest BCUT2D eigenvalue weighted by Gasteiger charge is 2.28. The Morgan fingerprint density at radius 2 is 2.16 bits per heavy atom. The van der Waals surface area contributed by atoms with Gasteiger partial charge in [-0.3, -0.25) is 10.1 Å². The zero-order valence-electron chi connectivity index (χ0n) is 11.9. The van der Waals surface area contributed by atoms with Crippen molar-refractivity contribution < 1.29 is 14.3 Å². The van der Waals surface area contributed by atoms with Crippen LogP contribution in [0.15, 0.2) is 22.8 Å². The van der Waals surface area contributed by atoms with Crippen LogP contribution in [0.3, 0.4) is 0 Å². The van der Waals surface area contributed by atoms with E-state index < -0.39 is 0 Å². The van der Waals surface area contributed by atoms with Crippen LogP contribution in [-0.2, 0) is 11.3 Å². The summed E-state index contributed by atoms with van der Waals surface area (Å²) in [5, 5.41) is 15.5. The molecule has 5 nitrogen and oxygen atoms in total. The van der Waals surface area contributed by atoms with Crippen molar-refractivity contribution in [1.29, 1.82) is 0 Å². The molecule has 0 aliphatic rings. The molecule has 0 aliphatic heterocycles. The van der Waals surface area contributed by atoms with Crippen molar-refractivity contribution in [2.45, 2.75) is 51.7 Å². The summed E-state index contributed by atoms with van der Waals surface area (Å²) in [5.74, 6) is 0.621. The summed E-state index contributed by atoms with van der Waals surface area (Å²) < 4.78 is 5.15. The quantitative estimate of drug-likeness (QED) is 0.666. The maximum Gasteiger partial charge on any atom is 0.237 e. The number of aliphatic hydroxyl groups excluding tert-OH is 1. The van der Waals surface area contributed by atoms with Crippen LogP contribution in [-0.4, -0.2) is 29.2 Å². The van der Waals surface area contributed by atoms with E-state index in [0.717, 1.165) is 18.6 Å². The van der Waals surface area contributed by atoms with Crippen LogP contribution in [0.2, 0.25) is 0 Å². The number of furan rings is 1. The molecular weight excluding hydrogens is 244 g/mol. The van der Waals surface area contributed by atoms with Gasteiger partial charge in [-0.15, -0.1) is 0 Å². The van der Waals surface area contributed by atoms with E-state index >= 15 is 0 Å². The maximum atomic E-state index is 12.0. The zero-order chi connectivity index (χ0) is 14.3. The normalized spacial score (nSPS) is 13.3. The second-order valence-corrected chi connectivity index (χ2v) is 4.81. The Hall–Kier alpha value is -1.33. The predicted molar refractivity (Wildman–Crippen MR) is 73.6 cm³/mol. The highest BCUT2D eigenvalue weighted by Crippen LogP contribution is 2.15. The van der Waals surface area contributed by atoms with E-state index in [9.17, 15) is 9.90 Å². The minimum atomic E-state index is -0.387. The highest BCUT2D eigenvalue weighted by molar-refractivity contribution is 5.81. The van der Waals surface area contributed by atoms with Crippen molar-refractivity contribution >= 4 is 5.91 Å². The number of amides is 1. The van der Waals surface area contributed by atoms with Crippen LogP contribution in [0.5, 0.6) is 0 Å². The first-order chi connectivity index (χ1) is 9.06. The van der Waals surface area contributed by atoms with Crippen molar-refractivity contribution in [2.75, 3.05) is 6.61 Å². The lowest BCUT2D eigenvalue weighted by Crippen LogP contribution is -2.55. The summed E-state index contributed by atoms with van der Waals surface area (Å²) in [7, 11) is 0. The monoisotopic (exact) mass is 268 g/mol. The van der Waals surface area contributed by atoms with Gasteiger partial charge in [-0.05, 0) is 31.9 Å². The summed E-state index contributed by atoms with van der Waals surface area (Å²) in [5.41, 5.74) is -0.387. The van der Waals surface area contributed by atoms with Gasteiger partial charge in [0.2, 0.25) is 5.91 Å². The Kier molecular flexibility index (Phi) is 6.05. The predicted octanol–water partition coefficient (Wildman–Crippen LogP) is 1.42. The molecule has 1 amide bonds. The smallest absolute Gasteiger partial charge is 0.237 e. The molecule has 1 aromatic heterocycles. The molecule has 108 valence electrons. The molecule has 0 radical (unpaired) electrons. The van der Waals surface area contributed by atoms with Gasteiger partial charge in [-0.1, -0.05) is 13.8 Å². The summed E-state index contributed by atoms with van der Waals surface area (Å²) >= 11 is 0. The van der Waals surface area contributed by atoms with E-state index in [2.05, 4.69) is 10.6 Å². The Bertz CT molecular complexity index is 364. The topological polar surface area (TPSA) is 74.5 Å². The molecule has 1 unspecified atom stereocenters. The van der Waals surface area contributed by atoms with Gasteiger partial charge in [0.15, 0.2) is 0 Å². The Balaban J connectivity index is 2.47. The molecule has 1 rings (SSSR count). The Morgan fingerprint density at radius 3 is 2.63 bits per heavy atom. The molecule has 1 heterocycles. The van der Waals surface area contributed by atoms with E-state index in [4.69, 9.17) is 4.42 Å². The van der Waals surface area contributed by atoms with Crippen LogP contribution in [0.4, 0.5) is 0 Å². The molecule has 0 spiro atoms. The van der Waals surface area contributed by atoms with Crippen LogP contribution in [0, 0.1) is 0 Å². The van der Waals surface area contributed by atoms with Gasteiger partial charge < -0.3 is 14.8 Å². The lowest BCUT2D eigenvalue weighted by atomic mass is 9.93. The third-order valence-corrected chi connectivity index (χ3v) is 3.59. The van der Waals surface area contributed by atoms with Crippen LogP contribution in [0.1, 0.15) is 39.4 Å². The molecule has 3 N–H and O–H groups in total. The number of carbonyl (C=O) groups is 1. The zero-order valence-corrected chi connectivity index (χ0v) is 11.9. The van der Waals surface area contributed by atoms with E-state index in [1.165, 1.54) is 0 Å². The number of hydrogen-bond acceptors (Lipinski definition) is 4. The molecule has 0 saturated heterocycles. The van der Waals surface area contributed by atoms with E-state index in [0.29, 0.717) is 6.54 Å². The summed E-state index contributed by atoms with van der Waals surface area (Å²) in [4.78, 5) is 12.0. The van der Waals surface area contributed by atoms with Gasteiger partial charge >= 0.3 is 0 Å². The van der Waals surface area contributed by atoms with Gasteiger partial charge in [0.05, 0.1) is 25.5 Å². The first kappa shape index (κ1) is 15.7. The van der Waals surface area contributed by atoms with Crippen molar-refractivity contribution in [3.63, 3.8) is 0 Å². The van der Waals surface area contributed by atoms with Gasteiger partial charge in [0.1, 0.15) is 5.76 Å². The fourth-order valence-corrected chi connectivity index (χ4v) is 1.99. The third kappa shape index (κ3) is 4.36. The number of aliphatic hydroxyl groups is 1.